The summed E-state index contributed by atoms with van der Waals surface area (Å²) in [7, 11) is 0. The largest absolute Gasteiger partial charge is 0.336 e. The molecule has 0 aliphatic rings. The smallest absolute Gasteiger partial charge is 0.150 e. The Bertz CT molecular complexity index is 1060. The van der Waals surface area contributed by atoms with Gasteiger partial charge < -0.3 is 4.57 Å². The second-order valence-corrected chi connectivity index (χ2v) is 6.48. The lowest BCUT2D eigenvalue weighted by molar-refractivity contribution is 0.112. The van der Waals surface area contributed by atoms with Crippen molar-refractivity contribution >= 4 is 51.3 Å². The lowest BCUT2D eigenvalue weighted by Gasteiger charge is -2.11. The van der Waals surface area contributed by atoms with Crippen molar-refractivity contribution in [2.24, 2.45) is 0 Å². The summed E-state index contributed by atoms with van der Waals surface area (Å²) in [6.45, 7) is 0.546. The van der Waals surface area contributed by atoms with E-state index in [-0.39, 0.29) is 0 Å². The second kappa shape index (κ2) is 5.97. The van der Waals surface area contributed by atoms with Crippen LogP contribution in [-0.4, -0.2) is 10.9 Å². The van der Waals surface area contributed by atoms with Crippen molar-refractivity contribution in [1.82, 2.24) is 4.57 Å². The van der Waals surface area contributed by atoms with Gasteiger partial charge in [-0.1, -0.05) is 59.6 Å². The van der Waals surface area contributed by atoms with Crippen molar-refractivity contribution in [2.75, 3.05) is 0 Å². The molecule has 0 atom stereocenters. The first-order chi connectivity index (χ1) is 11.7. The third kappa shape index (κ3) is 2.31. The number of carbonyl (C=O) groups excluding carboxylic acids is 1. The van der Waals surface area contributed by atoms with Crippen molar-refractivity contribution in [3.8, 4) is 0 Å². The number of aromatic nitrogens is 1. The zero-order chi connectivity index (χ0) is 16.7. The Hall–Kier alpha value is -2.29. The number of nitrogens with zero attached hydrogens (tertiary/aromatic N) is 1. The van der Waals surface area contributed by atoms with E-state index >= 15 is 0 Å². The molecule has 0 saturated carbocycles. The molecule has 1 aromatic heterocycles. The number of halogens is 2. The Morgan fingerprint density at radius 2 is 1.50 bits per heavy atom. The summed E-state index contributed by atoms with van der Waals surface area (Å²) in [5, 5.41) is 3.30. The highest BCUT2D eigenvalue weighted by atomic mass is 35.5. The maximum Gasteiger partial charge on any atom is 0.150 e. The van der Waals surface area contributed by atoms with E-state index in [2.05, 4.69) is 10.6 Å². The average molecular weight is 354 g/mol. The molecule has 0 fully saturated rings. The van der Waals surface area contributed by atoms with Gasteiger partial charge in [-0.15, -0.1) is 0 Å². The molecule has 0 saturated heterocycles. The normalized spacial score (nSPS) is 11.2. The minimum absolute atomic E-state index is 0.546. The molecule has 3 aromatic carbocycles. The molecule has 0 aliphatic carbocycles. The molecule has 0 N–H and O–H groups in total. The van der Waals surface area contributed by atoms with Gasteiger partial charge in [0.05, 0.1) is 12.1 Å². The van der Waals surface area contributed by atoms with Crippen LogP contribution in [0.25, 0.3) is 21.8 Å². The van der Waals surface area contributed by atoms with Crippen molar-refractivity contribution in [1.29, 1.82) is 0 Å². The fraction of sp³-hybridized carbons (Fsp3) is 0.0500. The molecule has 4 rings (SSSR count). The fourth-order valence-corrected chi connectivity index (χ4v) is 3.75. The van der Waals surface area contributed by atoms with E-state index in [0.717, 1.165) is 33.7 Å². The van der Waals surface area contributed by atoms with E-state index in [1.54, 1.807) is 0 Å². The minimum Gasteiger partial charge on any atom is -0.336 e. The Morgan fingerprint density at radius 3 is 2.25 bits per heavy atom. The molecule has 0 bridgehead atoms. The summed E-state index contributed by atoms with van der Waals surface area (Å²) in [5.41, 5.74) is 3.61. The number of aldehydes is 1. The minimum atomic E-state index is 0.546. The number of fused-ring (bicyclic) bond motifs is 3. The van der Waals surface area contributed by atoms with Crippen LogP contribution in [0.3, 0.4) is 0 Å². The molecule has 24 heavy (non-hydrogen) atoms. The van der Waals surface area contributed by atoms with Gasteiger partial charge in [-0.25, -0.2) is 0 Å². The van der Waals surface area contributed by atoms with Crippen LogP contribution in [0.15, 0.2) is 60.7 Å². The van der Waals surface area contributed by atoms with Gasteiger partial charge in [0, 0.05) is 37.5 Å². The predicted molar refractivity (Wildman–Crippen MR) is 100 cm³/mol. The first-order valence-corrected chi connectivity index (χ1v) is 8.34. The Balaban J connectivity index is 2.06. The molecule has 4 heteroatoms. The summed E-state index contributed by atoms with van der Waals surface area (Å²) in [4.78, 5) is 11.5. The summed E-state index contributed by atoms with van der Waals surface area (Å²) >= 11 is 12.7. The third-order valence-corrected chi connectivity index (χ3v) is 5.04. The molecule has 0 unspecified atom stereocenters. The molecule has 0 aliphatic heterocycles. The predicted octanol–water partition coefficient (Wildman–Crippen LogP) is 5.96. The topological polar surface area (TPSA) is 22.0 Å². The van der Waals surface area contributed by atoms with E-state index < -0.39 is 0 Å². The van der Waals surface area contributed by atoms with Crippen molar-refractivity contribution in [3.05, 3.63) is 81.8 Å². The van der Waals surface area contributed by atoms with E-state index in [9.17, 15) is 4.79 Å². The molecule has 0 spiro atoms. The highest BCUT2D eigenvalue weighted by Crippen LogP contribution is 2.33. The number of rotatable bonds is 3. The number of carbonyl (C=O) groups is 1. The van der Waals surface area contributed by atoms with E-state index in [1.807, 2.05) is 54.6 Å². The van der Waals surface area contributed by atoms with E-state index in [4.69, 9.17) is 23.2 Å². The fourth-order valence-electron chi connectivity index (χ4n) is 3.24. The second-order valence-electron chi connectivity index (χ2n) is 5.66. The first-order valence-electron chi connectivity index (χ1n) is 7.58. The summed E-state index contributed by atoms with van der Waals surface area (Å²) in [5.74, 6) is 0. The van der Waals surface area contributed by atoms with Crippen LogP contribution in [0.2, 0.25) is 10.0 Å². The van der Waals surface area contributed by atoms with Gasteiger partial charge in [-0.05, 0) is 24.3 Å². The molecule has 4 aromatic rings. The standard InChI is InChI=1S/C20H13Cl2NO/c21-16-7-4-8-17(22)15(16)11-23-18-9-2-1-6-14(18)20-13(12-24)5-3-10-19(20)23/h1-10,12H,11H2. The zero-order valence-corrected chi connectivity index (χ0v) is 14.2. The molecule has 118 valence electrons. The SMILES string of the molecule is O=Cc1cccc2c1c1ccccc1n2Cc1c(Cl)cccc1Cl. The Kier molecular flexibility index (Phi) is 3.79. The highest BCUT2D eigenvalue weighted by molar-refractivity contribution is 6.36. The van der Waals surface area contributed by atoms with Gasteiger partial charge in [-0.3, -0.25) is 4.79 Å². The Morgan fingerprint density at radius 1 is 0.833 bits per heavy atom. The van der Waals surface area contributed by atoms with Gasteiger partial charge >= 0.3 is 0 Å². The summed E-state index contributed by atoms with van der Waals surface area (Å²) < 4.78 is 2.16. The van der Waals surface area contributed by atoms with Crippen molar-refractivity contribution in [3.63, 3.8) is 0 Å². The van der Waals surface area contributed by atoms with Crippen LogP contribution in [0.5, 0.6) is 0 Å². The van der Waals surface area contributed by atoms with Gasteiger partial charge in [0.25, 0.3) is 0 Å². The maximum absolute atomic E-state index is 11.5. The highest BCUT2D eigenvalue weighted by Gasteiger charge is 2.15. The van der Waals surface area contributed by atoms with E-state index in [0.29, 0.717) is 22.2 Å². The van der Waals surface area contributed by atoms with Crippen molar-refractivity contribution < 1.29 is 4.79 Å². The number of hydrogen-bond donors (Lipinski definition) is 0. The lowest BCUT2D eigenvalue weighted by atomic mass is 10.1. The lowest BCUT2D eigenvalue weighted by Crippen LogP contribution is -2.01. The average Bonchev–Trinajstić information content (AvgIpc) is 2.92. The molecule has 2 nitrogen and oxygen atoms in total. The van der Waals surface area contributed by atoms with Gasteiger partial charge in [0.2, 0.25) is 0 Å². The molecule has 0 radical (unpaired) electrons. The molecule has 0 amide bonds. The van der Waals surface area contributed by atoms with Gasteiger partial charge in [-0.2, -0.15) is 0 Å². The van der Waals surface area contributed by atoms with Gasteiger partial charge in [0.1, 0.15) is 0 Å². The van der Waals surface area contributed by atoms with Crippen LogP contribution in [-0.2, 0) is 6.54 Å². The zero-order valence-electron chi connectivity index (χ0n) is 12.7. The first kappa shape index (κ1) is 15.3. The monoisotopic (exact) mass is 353 g/mol. The van der Waals surface area contributed by atoms with Crippen LogP contribution in [0.4, 0.5) is 0 Å². The van der Waals surface area contributed by atoms with E-state index in [1.165, 1.54) is 0 Å². The summed E-state index contributed by atoms with van der Waals surface area (Å²) in [6.07, 6.45) is 0.904. The number of para-hydroxylation sites is 1. The van der Waals surface area contributed by atoms with Crippen molar-refractivity contribution in [2.45, 2.75) is 6.54 Å². The third-order valence-electron chi connectivity index (χ3n) is 4.33. The molecule has 1 heterocycles. The maximum atomic E-state index is 11.5. The Labute approximate surface area is 149 Å². The molecular weight excluding hydrogens is 341 g/mol. The van der Waals surface area contributed by atoms with Crippen LogP contribution < -0.4 is 0 Å². The van der Waals surface area contributed by atoms with Crippen LogP contribution >= 0.6 is 23.2 Å². The molecular formula is C20H13Cl2NO. The number of benzene rings is 3. The summed E-state index contributed by atoms with van der Waals surface area (Å²) in [6, 6.07) is 19.3. The number of hydrogen-bond acceptors (Lipinski definition) is 1. The van der Waals surface area contributed by atoms with Crippen LogP contribution in [0.1, 0.15) is 15.9 Å². The van der Waals surface area contributed by atoms with Crippen LogP contribution in [0, 0.1) is 0 Å². The van der Waals surface area contributed by atoms with Gasteiger partial charge in [0.15, 0.2) is 6.29 Å². The quantitative estimate of drug-likeness (QED) is 0.416.